The number of hydrogen-bond donors (Lipinski definition) is 3. The summed E-state index contributed by atoms with van der Waals surface area (Å²) in [7, 11) is 0. The number of nitrogens with one attached hydrogen (secondary N) is 1. The third kappa shape index (κ3) is 2.64. The number of guanidine groups is 1. The molecule has 1 unspecified atom stereocenters. The highest BCUT2D eigenvalue weighted by Crippen LogP contribution is 2.35. The van der Waals surface area contributed by atoms with E-state index in [9.17, 15) is 0 Å². The van der Waals surface area contributed by atoms with Crippen LogP contribution in [-0.4, -0.2) is 23.3 Å². The van der Waals surface area contributed by atoms with E-state index in [1.54, 1.807) is 0 Å². The summed E-state index contributed by atoms with van der Waals surface area (Å²) in [6.45, 7) is 0. The van der Waals surface area contributed by atoms with Gasteiger partial charge >= 0.3 is 0 Å². The SMILES string of the molecule is N=C(N)C1(c2ccc3ccccc3c2)N=C(N)N=C1N=C1CCc2ccccc21. The molecule has 2 aliphatic rings. The predicted octanol–water partition coefficient (Wildman–Crippen LogP) is 3.13. The lowest BCUT2D eigenvalue weighted by Gasteiger charge is -2.25. The first-order chi connectivity index (χ1) is 14.1. The summed E-state index contributed by atoms with van der Waals surface area (Å²) >= 11 is 0. The second-order valence-electron chi connectivity index (χ2n) is 7.31. The summed E-state index contributed by atoms with van der Waals surface area (Å²) in [5.74, 6) is 0.283. The van der Waals surface area contributed by atoms with Crippen LogP contribution in [-0.2, 0) is 12.0 Å². The topological polar surface area (TPSA) is 113 Å². The van der Waals surface area contributed by atoms with Crippen molar-refractivity contribution in [1.29, 1.82) is 5.41 Å². The molecule has 5 N–H and O–H groups in total. The van der Waals surface area contributed by atoms with Gasteiger partial charge in [-0.05, 0) is 46.4 Å². The molecule has 0 radical (unpaired) electrons. The molecule has 5 rings (SSSR count). The van der Waals surface area contributed by atoms with Crippen LogP contribution in [0.4, 0.5) is 0 Å². The fraction of sp³-hybridized carbons (Fsp3) is 0.130. The van der Waals surface area contributed by atoms with E-state index >= 15 is 0 Å². The van der Waals surface area contributed by atoms with Gasteiger partial charge in [0.2, 0.25) is 11.5 Å². The van der Waals surface area contributed by atoms with Gasteiger partial charge in [-0.1, -0.05) is 60.7 Å². The fourth-order valence-corrected chi connectivity index (χ4v) is 4.14. The lowest BCUT2D eigenvalue weighted by Crippen LogP contribution is -2.44. The molecule has 1 atom stereocenters. The molecule has 0 aromatic heterocycles. The van der Waals surface area contributed by atoms with Gasteiger partial charge in [-0.2, -0.15) is 4.99 Å². The van der Waals surface area contributed by atoms with Crippen LogP contribution >= 0.6 is 0 Å². The molecular formula is C23H20N6. The number of benzene rings is 3. The minimum atomic E-state index is -1.31. The second kappa shape index (κ2) is 6.38. The van der Waals surface area contributed by atoms with Gasteiger partial charge in [-0.15, -0.1) is 0 Å². The van der Waals surface area contributed by atoms with Gasteiger partial charge in [0, 0.05) is 0 Å². The molecule has 6 heteroatoms. The molecule has 6 nitrogen and oxygen atoms in total. The smallest absolute Gasteiger partial charge is 0.219 e. The highest BCUT2D eigenvalue weighted by atomic mass is 15.2. The Morgan fingerprint density at radius 1 is 0.966 bits per heavy atom. The first kappa shape index (κ1) is 17.3. The Morgan fingerprint density at radius 2 is 1.72 bits per heavy atom. The molecule has 29 heavy (non-hydrogen) atoms. The van der Waals surface area contributed by atoms with Gasteiger partial charge in [0.05, 0.1) is 5.71 Å². The fourth-order valence-electron chi connectivity index (χ4n) is 4.14. The van der Waals surface area contributed by atoms with E-state index in [-0.39, 0.29) is 11.8 Å². The van der Waals surface area contributed by atoms with Crippen molar-refractivity contribution in [3.05, 3.63) is 83.4 Å². The number of amidine groups is 2. The standard InChI is InChI=1S/C23H20N6/c24-20(25)23(17-11-9-14-5-1-2-7-16(14)13-17)21(28-22(26)29-23)27-19-12-10-15-6-3-4-8-18(15)19/h1-9,11,13H,10,12H2,(H3,24,25)(H2,26,29). The lowest BCUT2D eigenvalue weighted by atomic mass is 9.87. The van der Waals surface area contributed by atoms with Crippen molar-refractivity contribution in [2.24, 2.45) is 26.4 Å². The van der Waals surface area contributed by atoms with Crippen LogP contribution in [0.2, 0.25) is 0 Å². The Hall–Kier alpha value is -3.80. The van der Waals surface area contributed by atoms with Crippen LogP contribution in [0.3, 0.4) is 0 Å². The van der Waals surface area contributed by atoms with Gasteiger partial charge in [-0.25, -0.2) is 9.98 Å². The van der Waals surface area contributed by atoms with Crippen molar-refractivity contribution in [2.45, 2.75) is 18.4 Å². The highest BCUT2D eigenvalue weighted by molar-refractivity contribution is 6.24. The molecule has 0 amide bonds. The van der Waals surface area contributed by atoms with Crippen LogP contribution < -0.4 is 11.5 Å². The van der Waals surface area contributed by atoms with Crippen molar-refractivity contribution >= 4 is 34.1 Å². The molecule has 142 valence electrons. The Bertz CT molecular complexity index is 1250. The van der Waals surface area contributed by atoms with Crippen LogP contribution in [0.25, 0.3) is 10.8 Å². The van der Waals surface area contributed by atoms with Gasteiger partial charge in [0.25, 0.3) is 0 Å². The summed E-state index contributed by atoms with van der Waals surface area (Å²) in [4.78, 5) is 13.8. The van der Waals surface area contributed by atoms with Crippen molar-refractivity contribution in [3.8, 4) is 0 Å². The molecule has 0 spiro atoms. The Labute approximate surface area is 168 Å². The molecule has 3 aromatic rings. The van der Waals surface area contributed by atoms with E-state index in [0.717, 1.165) is 40.5 Å². The summed E-state index contributed by atoms with van der Waals surface area (Å²) in [6, 6.07) is 22.1. The van der Waals surface area contributed by atoms with Crippen molar-refractivity contribution < 1.29 is 0 Å². The maximum atomic E-state index is 8.39. The zero-order valence-electron chi connectivity index (χ0n) is 15.8. The highest BCUT2D eigenvalue weighted by Gasteiger charge is 2.46. The van der Waals surface area contributed by atoms with E-state index in [1.165, 1.54) is 5.56 Å². The lowest BCUT2D eigenvalue weighted by molar-refractivity contribution is 0.806. The Kier molecular flexibility index (Phi) is 3.81. The average Bonchev–Trinajstić information content (AvgIpc) is 3.29. The summed E-state index contributed by atoms with van der Waals surface area (Å²) in [6.07, 6.45) is 1.74. The van der Waals surface area contributed by atoms with Crippen LogP contribution in [0.15, 0.2) is 81.7 Å². The Morgan fingerprint density at radius 3 is 2.55 bits per heavy atom. The summed E-state index contributed by atoms with van der Waals surface area (Å²) in [5, 5.41) is 10.5. The number of nitrogens with zero attached hydrogens (tertiary/aromatic N) is 3. The molecule has 0 saturated carbocycles. The number of rotatable bonds is 2. The van der Waals surface area contributed by atoms with Gasteiger partial charge < -0.3 is 11.5 Å². The van der Waals surface area contributed by atoms with Crippen LogP contribution in [0, 0.1) is 5.41 Å². The number of aryl methyl sites for hydroxylation is 1. The molecule has 1 aliphatic heterocycles. The zero-order valence-corrected chi connectivity index (χ0v) is 15.8. The number of aliphatic imine (C=N–C) groups is 3. The first-order valence-electron chi connectivity index (χ1n) is 9.52. The van der Waals surface area contributed by atoms with Crippen molar-refractivity contribution in [1.82, 2.24) is 0 Å². The van der Waals surface area contributed by atoms with Crippen molar-refractivity contribution in [2.75, 3.05) is 0 Å². The van der Waals surface area contributed by atoms with E-state index in [1.807, 2.05) is 54.6 Å². The van der Waals surface area contributed by atoms with Crippen molar-refractivity contribution in [3.63, 3.8) is 0 Å². The molecule has 0 fully saturated rings. The molecular weight excluding hydrogens is 360 g/mol. The normalized spacial score (nSPS) is 21.9. The summed E-state index contributed by atoms with van der Waals surface area (Å²) < 4.78 is 0. The van der Waals surface area contributed by atoms with Crippen LogP contribution in [0.5, 0.6) is 0 Å². The average molecular weight is 380 g/mol. The quantitative estimate of drug-likeness (QED) is 0.468. The second-order valence-corrected chi connectivity index (χ2v) is 7.31. The number of nitrogens with two attached hydrogens (primary N) is 2. The number of hydrogen-bond acceptors (Lipinski definition) is 5. The third-order valence-corrected chi connectivity index (χ3v) is 5.58. The van der Waals surface area contributed by atoms with Gasteiger partial charge in [-0.3, -0.25) is 5.41 Å². The summed E-state index contributed by atoms with van der Waals surface area (Å²) in [5.41, 5.74) is 14.8. The Balaban J connectivity index is 1.68. The zero-order chi connectivity index (χ0) is 20.0. The maximum absolute atomic E-state index is 8.39. The molecule has 3 aromatic carbocycles. The minimum Gasteiger partial charge on any atom is -0.385 e. The van der Waals surface area contributed by atoms with Gasteiger partial charge in [0.15, 0.2) is 5.84 Å². The molecule has 0 bridgehead atoms. The van der Waals surface area contributed by atoms with E-state index in [4.69, 9.17) is 21.9 Å². The molecule has 1 aliphatic carbocycles. The molecule has 1 heterocycles. The van der Waals surface area contributed by atoms with E-state index in [0.29, 0.717) is 5.84 Å². The van der Waals surface area contributed by atoms with E-state index < -0.39 is 5.54 Å². The minimum absolute atomic E-state index is 0.0824. The van der Waals surface area contributed by atoms with E-state index in [2.05, 4.69) is 22.1 Å². The predicted molar refractivity (Wildman–Crippen MR) is 118 cm³/mol. The van der Waals surface area contributed by atoms with Crippen LogP contribution in [0.1, 0.15) is 23.1 Å². The largest absolute Gasteiger partial charge is 0.385 e. The maximum Gasteiger partial charge on any atom is 0.219 e. The molecule has 0 saturated heterocycles. The van der Waals surface area contributed by atoms with Gasteiger partial charge in [0.1, 0.15) is 5.84 Å². The third-order valence-electron chi connectivity index (χ3n) is 5.58. The number of fused-ring (bicyclic) bond motifs is 2. The monoisotopic (exact) mass is 380 g/mol. The first-order valence-corrected chi connectivity index (χ1v) is 9.52.